The van der Waals surface area contributed by atoms with Crippen LogP contribution in [0.25, 0.3) is 0 Å². The number of carbonyl (C=O) groups excluding carboxylic acids is 9. The quantitative estimate of drug-likeness (QED) is 0.0575. The maximum atomic E-state index is 14.5. The Morgan fingerprint density at radius 1 is 0.750 bits per heavy atom. The third kappa shape index (κ3) is 17.6. The monoisotopic (exact) mass is 945 g/mol. The van der Waals surface area contributed by atoms with E-state index in [4.69, 9.17) is 17.2 Å². The molecule has 0 spiro atoms. The van der Waals surface area contributed by atoms with Gasteiger partial charge < -0.3 is 59.3 Å². The number of nitrogens with one attached hydrogen (secondary N) is 7. The lowest BCUT2D eigenvalue weighted by Gasteiger charge is -2.31. The van der Waals surface area contributed by atoms with Gasteiger partial charge in [-0.15, -0.1) is 0 Å². The predicted molar refractivity (Wildman–Crippen MR) is 252 cm³/mol. The van der Waals surface area contributed by atoms with Crippen LogP contribution in [0, 0.1) is 0 Å². The zero-order chi connectivity index (χ0) is 49.6. The summed E-state index contributed by atoms with van der Waals surface area (Å²) < 4.78 is 0. The molecular weight excluding hydrogens is 877 g/mol. The molecule has 2 fully saturated rings. The molecule has 0 unspecified atom stereocenters. The van der Waals surface area contributed by atoms with Gasteiger partial charge in [-0.2, -0.15) is 0 Å². The van der Waals surface area contributed by atoms with Gasteiger partial charge in [-0.3, -0.25) is 48.1 Å². The van der Waals surface area contributed by atoms with E-state index in [1.165, 1.54) is 11.8 Å². The molecule has 2 saturated heterocycles. The van der Waals surface area contributed by atoms with Crippen molar-refractivity contribution in [3.05, 3.63) is 71.8 Å². The summed E-state index contributed by atoms with van der Waals surface area (Å²) in [5.41, 5.74) is 18.2. The zero-order valence-corrected chi connectivity index (χ0v) is 38.9. The Balaban J connectivity index is 1.74. The smallest absolute Gasteiger partial charge is 0.246 e. The van der Waals surface area contributed by atoms with E-state index in [1.54, 1.807) is 60.7 Å². The molecule has 0 saturated carbocycles. The number of amides is 9. The largest absolute Gasteiger partial charge is 0.370 e. The molecule has 0 bridgehead atoms. The van der Waals surface area contributed by atoms with Gasteiger partial charge in [0.15, 0.2) is 5.96 Å². The van der Waals surface area contributed by atoms with Crippen molar-refractivity contribution >= 4 is 59.1 Å². The average Bonchev–Trinajstić information content (AvgIpc) is 3.80. The lowest BCUT2D eigenvalue weighted by molar-refractivity contribution is -0.143. The highest BCUT2D eigenvalue weighted by molar-refractivity contribution is 5.99. The van der Waals surface area contributed by atoms with Crippen LogP contribution in [-0.4, -0.2) is 126 Å². The number of fused-ring (bicyclic) bond motifs is 1. The number of carbonyl (C=O) groups is 9. The van der Waals surface area contributed by atoms with E-state index in [1.807, 2.05) is 6.92 Å². The summed E-state index contributed by atoms with van der Waals surface area (Å²) in [7, 11) is 0. The number of benzene rings is 2. The number of hydrogen-bond acceptors (Lipinski definition) is 10. The van der Waals surface area contributed by atoms with Gasteiger partial charge >= 0.3 is 0 Å². The summed E-state index contributed by atoms with van der Waals surface area (Å²) in [5, 5.41) is 19.0. The molecule has 2 aromatic carbocycles. The molecule has 2 heterocycles. The standard InChI is InChI=1S/C47H68N12O9/c1-3-4-19-33(53-29(2)60)41(63)58-37-28-39(61)51-23-12-11-20-32(40(48)62)54-43(65)35(26-30-15-7-5-8-16-30)56-42(64)34(21-13-24-52-47(49)50)55-44(66)36(27-31-17-9-6-10-18-31)57-45(67)38-22-14-25-59(38)46(37)68/h5-10,15-18,32-38H,3-4,11-14,19-28H2,1-2H3,(H2,48,62)(H,51,61)(H,53,60)(H,54,65)(H,55,66)(H,56,64)(H,57,67)(H,58,63)(H4,49,50,52)/t32-,33-,34-,35+,36+,37-,38-/m0/s1. The number of guanidine groups is 1. The second-order valence-electron chi connectivity index (χ2n) is 17.2. The van der Waals surface area contributed by atoms with E-state index in [0.717, 1.165) is 6.42 Å². The molecule has 68 heavy (non-hydrogen) atoms. The van der Waals surface area contributed by atoms with Gasteiger partial charge in [0.05, 0.1) is 6.42 Å². The van der Waals surface area contributed by atoms with Crippen LogP contribution in [0.2, 0.25) is 0 Å². The third-order valence-electron chi connectivity index (χ3n) is 11.7. The molecule has 0 radical (unpaired) electrons. The number of nitrogens with two attached hydrogens (primary N) is 3. The Hall–Kier alpha value is -7.06. The minimum atomic E-state index is -1.45. The summed E-state index contributed by atoms with van der Waals surface area (Å²) in [4.78, 5) is 129. The highest BCUT2D eigenvalue weighted by atomic mass is 16.2. The highest BCUT2D eigenvalue weighted by Crippen LogP contribution is 2.21. The first-order valence-electron chi connectivity index (χ1n) is 23.3. The summed E-state index contributed by atoms with van der Waals surface area (Å²) in [6, 6.07) is 9.11. The fourth-order valence-corrected chi connectivity index (χ4v) is 8.12. The van der Waals surface area contributed by atoms with Crippen LogP contribution in [0.4, 0.5) is 0 Å². The van der Waals surface area contributed by atoms with Gasteiger partial charge in [-0.25, -0.2) is 0 Å². The summed E-state index contributed by atoms with van der Waals surface area (Å²) in [6.07, 6.45) is 2.53. The number of unbranched alkanes of at least 4 members (excludes halogenated alkanes) is 1. The second-order valence-corrected chi connectivity index (χ2v) is 17.2. The van der Waals surface area contributed by atoms with Crippen molar-refractivity contribution in [2.45, 2.75) is 140 Å². The fraction of sp³-hybridized carbons (Fsp3) is 0.532. The number of aliphatic imine (C=N–C) groups is 1. The topological polar surface area (TPSA) is 331 Å². The lowest BCUT2D eigenvalue weighted by atomic mass is 10.0. The number of rotatable bonds is 15. The van der Waals surface area contributed by atoms with E-state index < -0.39 is 102 Å². The van der Waals surface area contributed by atoms with Gasteiger partial charge in [0.25, 0.3) is 0 Å². The molecule has 4 rings (SSSR count). The number of primary amides is 1. The maximum Gasteiger partial charge on any atom is 0.246 e. The molecule has 21 nitrogen and oxygen atoms in total. The molecule has 21 heteroatoms. The molecule has 0 aliphatic carbocycles. The molecule has 2 aliphatic rings. The molecule has 2 aliphatic heterocycles. The lowest BCUT2D eigenvalue weighted by Crippen LogP contribution is -2.60. The van der Waals surface area contributed by atoms with Crippen molar-refractivity contribution in [3.63, 3.8) is 0 Å². The van der Waals surface area contributed by atoms with Gasteiger partial charge in [0.1, 0.15) is 42.3 Å². The molecule has 13 N–H and O–H groups in total. The summed E-state index contributed by atoms with van der Waals surface area (Å²) >= 11 is 0. The van der Waals surface area contributed by atoms with Crippen LogP contribution < -0.4 is 54.4 Å². The van der Waals surface area contributed by atoms with Gasteiger partial charge in [0.2, 0.25) is 53.2 Å². The zero-order valence-electron chi connectivity index (χ0n) is 38.9. The van der Waals surface area contributed by atoms with Crippen LogP contribution in [0.5, 0.6) is 0 Å². The highest BCUT2D eigenvalue weighted by Gasteiger charge is 2.41. The Labute approximate surface area is 396 Å². The van der Waals surface area contributed by atoms with Crippen LogP contribution in [0.15, 0.2) is 65.7 Å². The normalized spacial score (nSPS) is 23.0. The molecule has 9 amide bonds. The molecule has 7 atom stereocenters. The predicted octanol–water partition coefficient (Wildman–Crippen LogP) is -1.19. The molecule has 370 valence electrons. The van der Waals surface area contributed by atoms with E-state index in [0.29, 0.717) is 36.8 Å². The van der Waals surface area contributed by atoms with Crippen LogP contribution >= 0.6 is 0 Å². The average molecular weight is 945 g/mol. The first-order chi connectivity index (χ1) is 32.6. The summed E-state index contributed by atoms with van der Waals surface area (Å²) in [6.45, 7) is 3.47. The van der Waals surface area contributed by atoms with E-state index in [9.17, 15) is 43.2 Å². The summed E-state index contributed by atoms with van der Waals surface area (Å²) in [5.74, 6) is -6.36. The minimum Gasteiger partial charge on any atom is -0.370 e. The molecular formula is C47H68N12O9. The SMILES string of the molecule is CCCC[C@H](NC(C)=O)C(=O)N[C@H]1CC(=O)NCCCC[C@@H](C(N)=O)NC(=O)[C@@H](Cc2ccccc2)NC(=O)[C@H](CCCN=C(N)N)NC(=O)[C@@H](Cc2ccccc2)NC(=O)[C@@H]2CCCN2C1=O. The van der Waals surface area contributed by atoms with Crippen molar-refractivity contribution in [2.24, 2.45) is 22.2 Å². The Morgan fingerprint density at radius 2 is 1.34 bits per heavy atom. The third-order valence-corrected chi connectivity index (χ3v) is 11.7. The Bertz CT molecular complexity index is 2090. The maximum absolute atomic E-state index is 14.5. The molecule has 2 aromatic rings. The number of hydrogen-bond donors (Lipinski definition) is 10. The van der Waals surface area contributed by atoms with Crippen molar-refractivity contribution in [2.75, 3.05) is 19.6 Å². The van der Waals surface area contributed by atoms with Crippen molar-refractivity contribution in [1.82, 2.24) is 42.1 Å². The molecule has 0 aromatic heterocycles. The Morgan fingerprint density at radius 3 is 1.93 bits per heavy atom. The van der Waals surface area contributed by atoms with Crippen molar-refractivity contribution in [1.29, 1.82) is 0 Å². The van der Waals surface area contributed by atoms with Gasteiger partial charge in [-0.1, -0.05) is 80.4 Å². The van der Waals surface area contributed by atoms with Crippen LogP contribution in [-0.2, 0) is 56.0 Å². The van der Waals surface area contributed by atoms with Crippen LogP contribution in [0.1, 0.15) is 95.6 Å². The van der Waals surface area contributed by atoms with Gasteiger partial charge in [-0.05, 0) is 62.5 Å². The Kier molecular flexibility index (Phi) is 21.7. The first-order valence-corrected chi connectivity index (χ1v) is 23.3. The minimum absolute atomic E-state index is 0.00196. The van der Waals surface area contributed by atoms with Crippen molar-refractivity contribution in [3.8, 4) is 0 Å². The second kappa shape index (κ2) is 27.5. The van der Waals surface area contributed by atoms with Gasteiger partial charge in [0, 0.05) is 39.4 Å². The van der Waals surface area contributed by atoms with E-state index >= 15 is 0 Å². The van der Waals surface area contributed by atoms with Crippen molar-refractivity contribution < 1.29 is 43.2 Å². The van der Waals surface area contributed by atoms with E-state index in [-0.39, 0.29) is 70.5 Å². The van der Waals surface area contributed by atoms with Crippen LogP contribution in [0.3, 0.4) is 0 Å². The fourth-order valence-electron chi connectivity index (χ4n) is 8.12. The van der Waals surface area contributed by atoms with E-state index in [2.05, 4.69) is 42.2 Å². The first kappa shape index (κ1) is 53.6. The number of nitrogens with zero attached hydrogens (tertiary/aromatic N) is 2.